The Bertz CT molecular complexity index is 551. The molecule has 0 amide bonds. The first kappa shape index (κ1) is 14.0. The second kappa shape index (κ2) is 6.17. The Hall–Kier alpha value is -1.39. The van der Waals surface area contributed by atoms with Crippen LogP contribution < -0.4 is 5.32 Å². The second-order valence-corrected chi connectivity index (χ2v) is 5.13. The quantitative estimate of drug-likeness (QED) is 0.912. The van der Waals surface area contributed by atoms with Crippen LogP contribution in [0.1, 0.15) is 25.2 Å². The van der Waals surface area contributed by atoms with Crippen molar-refractivity contribution in [3.8, 4) is 0 Å². The van der Waals surface area contributed by atoms with Crippen LogP contribution in [-0.4, -0.2) is 15.6 Å². The van der Waals surface area contributed by atoms with Crippen LogP contribution >= 0.6 is 11.6 Å². The molecule has 0 fully saturated rings. The third-order valence-electron chi connectivity index (χ3n) is 2.84. The summed E-state index contributed by atoms with van der Waals surface area (Å²) in [5.41, 5.74) is 0.566. The minimum absolute atomic E-state index is 0.152. The largest absolute Gasteiger partial charge is 0.329 e. The molecular formula is C14H17ClFN3. The van der Waals surface area contributed by atoms with Gasteiger partial charge in [0.05, 0.1) is 18.1 Å². The number of halogens is 2. The minimum atomic E-state index is -0.361. The molecule has 0 aliphatic carbocycles. The molecule has 5 heteroatoms. The number of rotatable bonds is 5. The normalized spacial score (nSPS) is 11.2. The highest BCUT2D eigenvalue weighted by Crippen LogP contribution is 2.19. The number of imidazole rings is 1. The van der Waals surface area contributed by atoms with Crippen molar-refractivity contribution in [2.75, 3.05) is 0 Å². The van der Waals surface area contributed by atoms with Crippen molar-refractivity contribution in [3.05, 3.63) is 52.8 Å². The highest BCUT2D eigenvalue weighted by Gasteiger charge is 2.09. The molecule has 0 atom stereocenters. The molecule has 102 valence electrons. The summed E-state index contributed by atoms with van der Waals surface area (Å²) in [5.74, 6) is 0.522. The first-order valence-electron chi connectivity index (χ1n) is 6.24. The smallest absolute Gasteiger partial charge is 0.146 e. The molecule has 0 spiro atoms. The van der Waals surface area contributed by atoms with Gasteiger partial charge in [0.15, 0.2) is 0 Å². The van der Waals surface area contributed by atoms with Gasteiger partial charge in [-0.3, -0.25) is 0 Å². The zero-order valence-electron chi connectivity index (χ0n) is 11.0. The van der Waals surface area contributed by atoms with E-state index in [4.69, 9.17) is 11.6 Å². The van der Waals surface area contributed by atoms with E-state index in [9.17, 15) is 4.39 Å². The summed E-state index contributed by atoms with van der Waals surface area (Å²) < 4.78 is 15.8. The Morgan fingerprint density at radius 1 is 1.42 bits per heavy atom. The molecule has 0 aliphatic heterocycles. The van der Waals surface area contributed by atoms with Crippen LogP contribution in [0.3, 0.4) is 0 Å². The molecule has 0 aliphatic rings. The molecule has 0 saturated heterocycles. The van der Waals surface area contributed by atoms with Gasteiger partial charge >= 0.3 is 0 Å². The van der Waals surface area contributed by atoms with E-state index in [0.29, 0.717) is 24.7 Å². The fraction of sp³-hybridized carbons (Fsp3) is 0.357. The van der Waals surface area contributed by atoms with E-state index in [1.54, 1.807) is 24.4 Å². The Labute approximate surface area is 117 Å². The monoisotopic (exact) mass is 281 g/mol. The van der Waals surface area contributed by atoms with E-state index in [0.717, 1.165) is 5.82 Å². The van der Waals surface area contributed by atoms with Gasteiger partial charge in [-0.05, 0) is 6.07 Å². The van der Waals surface area contributed by atoms with Gasteiger partial charge in [0.25, 0.3) is 0 Å². The van der Waals surface area contributed by atoms with Crippen molar-refractivity contribution < 1.29 is 4.39 Å². The number of nitrogens with zero attached hydrogens (tertiary/aromatic N) is 2. The molecule has 0 radical (unpaired) electrons. The standard InChI is InChI=1S/C14H17ClFN3/c1-10(2)18-8-13-17-6-7-19(13)9-11-4-3-5-12(15)14(11)16/h3-7,10,18H,8-9H2,1-2H3. The van der Waals surface area contributed by atoms with Crippen molar-refractivity contribution >= 4 is 11.6 Å². The molecule has 19 heavy (non-hydrogen) atoms. The van der Waals surface area contributed by atoms with E-state index in [-0.39, 0.29) is 10.8 Å². The molecule has 0 bridgehead atoms. The average Bonchev–Trinajstić information content (AvgIpc) is 2.80. The molecule has 1 aromatic heterocycles. The molecule has 1 heterocycles. The summed E-state index contributed by atoms with van der Waals surface area (Å²) in [6, 6.07) is 5.42. The molecule has 0 saturated carbocycles. The Morgan fingerprint density at radius 2 is 2.21 bits per heavy atom. The van der Waals surface area contributed by atoms with E-state index in [2.05, 4.69) is 24.1 Å². The molecule has 1 aromatic carbocycles. The van der Waals surface area contributed by atoms with Crippen molar-refractivity contribution in [1.82, 2.24) is 14.9 Å². The number of nitrogens with one attached hydrogen (secondary N) is 1. The lowest BCUT2D eigenvalue weighted by Crippen LogP contribution is -2.24. The van der Waals surface area contributed by atoms with Gasteiger partial charge in [-0.25, -0.2) is 9.37 Å². The Kier molecular flexibility index (Phi) is 4.56. The average molecular weight is 282 g/mol. The van der Waals surface area contributed by atoms with Gasteiger partial charge in [-0.15, -0.1) is 0 Å². The topological polar surface area (TPSA) is 29.9 Å². The van der Waals surface area contributed by atoms with Crippen LogP contribution in [0.5, 0.6) is 0 Å². The van der Waals surface area contributed by atoms with Gasteiger partial charge in [0, 0.05) is 24.0 Å². The van der Waals surface area contributed by atoms with Gasteiger partial charge in [0.1, 0.15) is 11.6 Å². The van der Waals surface area contributed by atoms with Crippen LogP contribution in [0.4, 0.5) is 4.39 Å². The zero-order chi connectivity index (χ0) is 13.8. The van der Waals surface area contributed by atoms with Crippen LogP contribution in [0.2, 0.25) is 5.02 Å². The lowest BCUT2D eigenvalue weighted by molar-refractivity contribution is 0.547. The van der Waals surface area contributed by atoms with Crippen molar-refractivity contribution in [2.24, 2.45) is 0 Å². The van der Waals surface area contributed by atoms with Crippen LogP contribution in [0, 0.1) is 5.82 Å². The molecule has 3 nitrogen and oxygen atoms in total. The molecular weight excluding hydrogens is 265 g/mol. The number of hydrogen-bond acceptors (Lipinski definition) is 2. The van der Waals surface area contributed by atoms with Gasteiger partial charge < -0.3 is 9.88 Å². The van der Waals surface area contributed by atoms with Gasteiger partial charge in [-0.2, -0.15) is 0 Å². The Morgan fingerprint density at radius 3 is 2.95 bits per heavy atom. The SMILES string of the molecule is CC(C)NCc1nccn1Cc1cccc(Cl)c1F. The van der Waals surface area contributed by atoms with Crippen molar-refractivity contribution in [3.63, 3.8) is 0 Å². The molecule has 2 aromatic rings. The third kappa shape index (κ3) is 3.55. The fourth-order valence-electron chi connectivity index (χ4n) is 1.80. The summed E-state index contributed by atoms with van der Waals surface area (Å²) in [7, 11) is 0. The molecule has 0 unspecified atom stereocenters. The summed E-state index contributed by atoms with van der Waals surface area (Å²) in [5, 5.41) is 3.45. The Balaban J connectivity index is 2.15. The maximum Gasteiger partial charge on any atom is 0.146 e. The third-order valence-corrected chi connectivity index (χ3v) is 3.13. The summed E-state index contributed by atoms with van der Waals surface area (Å²) >= 11 is 5.78. The number of hydrogen-bond donors (Lipinski definition) is 1. The van der Waals surface area contributed by atoms with Crippen LogP contribution in [0.15, 0.2) is 30.6 Å². The summed E-state index contributed by atoms with van der Waals surface area (Å²) in [6.45, 7) is 5.24. The lowest BCUT2D eigenvalue weighted by Gasteiger charge is -2.11. The predicted molar refractivity (Wildman–Crippen MR) is 74.7 cm³/mol. The summed E-state index contributed by atoms with van der Waals surface area (Å²) in [6.07, 6.45) is 3.57. The highest BCUT2D eigenvalue weighted by atomic mass is 35.5. The maximum atomic E-state index is 13.9. The van der Waals surface area contributed by atoms with Crippen molar-refractivity contribution in [2.45, 2.75) is 33.0 Å². The van der Waals surface area contributed by atoms with Crippen molar-refractivity contribution in [1.29, 1.82) is 0 Å². The minimum Gasteiger partial charge on any atom is -0.329 e. The van der Waals surface area contributed by atoms with E-state index in [1.807, 2.05) is 10.8 Å². The molecule has 2 rings (SSSR count). The number of aromatic nitrogens is 2. The highest BCUT2D eigenvalue weighted by molar-refractivity contribution is 6.30. The lowest BCUT2D eigenvalue weighted by atomic mass is 10.2. The van der Waals surface area contributed by atoms with Gasteiger partial charge in [-0.1, -0.05) is 37.6 Å². The van der Waals surface area contributed by atoms with E-state index in [1.165, 1.54) is 0 Å². The van der Waals surface area contributed by atoms with Crippen LogP contribution in [0.25, 0.3) is 0 Å². The first-order valence-corrected chi connectivity index (χ1v) is 6.62. The summed E-state index contributed by atoms with van der Waals surface area (Å²) in [4.78, 5) is 4.28. The van der Waals surface area contributed by atoms with Gasteiger partial charge in [0.2, 0.25) is 0 Å². The van der Waals surface area contributed by atoms with E-state index >= 15 is 0 Å². The first-order chi connectivity index (χ1) is 9.08. The van der Waals surface area contributed by atoms with Crippen LogP contribution in [-0.2, 0) is 13.1 Å². The predicted octanol–water partition coefficient (Wildman–Crippen LogP) is 3.22. The second-order valence-electron chi connectivity index (χ2n) is 4.72. The molecule has 1 N–H and O–H groups in total. The number of benzene rings is 1. The maximum absolute atomic E-state index is 13.9. The zero-order valence-corrected chi connectivity index (χ0v) is 11.8. The fourth-order valence-corrected chi connectivity index (χ4v) is 1.99. The van der Waals surface area contributed by atoms with E-state index < -0.39 is 0 Å².